The highest BCUT2D eigenvalue weighted by Gasteiger charge is 2.38. The van der Waals surface area contributed by atoms with E-state index in [9.17, 15) is 14.7 Å². The average molecular weight is 635 g/mol. The smallest absolute Gasteiger partial charge is 0.355 e. The van der Waals surface area contributed by atoms with Crippen LogP contribution in [0.1, 0.15) is 50.9 Å². The Labute approximate surface area is 263 Å². The number of piperazine rings is 1. The molecule has 0 aliphatic carbocycles. The fourth-order valence-electron chi connectivity index (χ4n) is 5.97. The normalized spacial score (nSPS) is 16.1. The lowest BCUT2D eigenvalue weighted by atomic mass is 10.0. The number of carbonyl (C=O) groups is 1. The molecule has 6 rings (SSSR count). The van der Waals surface area contributed by atoms with E-state index in [1.165, 1.54) is 28.8 Å². The Balaban J connectivity index is 1.75. The van der Waals surface area contributed by atoms with Crippen LogP contribution < -0.4 is 21.1 Å². The maximum Gasteiger partial charge on any atom is 0.355 e. The van der Waals surface area contributed by atoms with Gasteiger partial charge in [0, 0.05) is 19.6 Å². The van der Waals surface area contributed by atoms with Gasteiger partial charge in [-0.25, -0.2) is 28.7 Å². The standard InChI is InChI=1S/C31H32ClFN8O4/c1-6-19(43)39-10-11-40-16(12-39)13-45-27-21-28(40)38-31(44)41(26-23(14(2)3)36-30(34)37-24(26)15(4)5)29(21)35-25(22(27)32)20-17(33)8-7-9-18(20)42/h6-9,14-16,42H,1,10-13H2,2-5H3,(H2,34,36,37)/t16-/m1/s1. The maximum atomic E-state index is 15.3. The maximum absolute atomic E-state index is 15.3. The van der Waals surface area contributed by atoms with E-state index >= 15 is 4.39 Å². The predicted octanol–water partition coefficient (Wildman–Crippen LogP) is 4.16. The number of carbonyl (C=O) groups excluding carboxylic acids is 1. The van der Waals surface area contributed by atoms with Crippen LogP contribution in [0.15, 0.2) is 35.6 Å². The van der Waals surface area contributed by atoms with E-state index in [0.29, 0.717) is 35.6 Å². The number of nitrogens with two attached hydrogens (primary N) is 1. The van der Waals surface area contributed by atoms with Gasteiger partial charge in [-0.1, -0.05) is 51.9 Å². The van der Waals surface area contributed by atoms with Crippen LogP contribution in [-0.2, 0) is 4.79 Å². The van der Waals surface area contributed by atoms with Gasteiger partial charge in [-0.15, -0.1) is 0 Å². The van der Waals surface area contributed by atoms with Crippen LogP contribution in [-0.4, -0.2) is 72.7 Å². The summed E-state index contributed by atoms with van der Waals surface area (Å²) in [4.78, 5) is 48.7. The molecule has 5 heterocycles. The topological polar surface area (TPSA) is 153 Å². The Morgan fingerprint density at radius 1 is 1.16 bits per heavy atom. The Hall–Kier alpha value is -4.78. The van der Waals surface area contributed by atoms with Gasteiger partial charge in [0.05, 0.1) is 28.7 Å². The van der Waals surface area contributed by atoms with Crippen molar-refractivity contribution in [3.8, 4) is 28.4 Å². The minimum atomic E-state index is -0.773. The van der Waals surface area contributed by atoms with E-state index in [1.807, 2.05) is 32.6 Å². The van der Waals surface area contributed by atoms with Crippen LogP contribution in [0.5, 0.6) is 11.5 Å². The summed E-state index contributed by atoms with van der Waals surface area (Å²) in [5.74, 6) is -1.36. The highest BCUT2D eigenvalue weighted by atomic mass is 35.5. The molecule has 2 aliphatic rings. The van der Waals surface area contributed by atoms with Gasteiger partial charge in [0.15, 0.2) is 11.4 Å². The molecule has 1 fully saturated rings. The quantitative estimate of drug-likeness (QED) is 0.306. The number of aromatic hydroxyl groups is 1. The number of rotatable bonds is 5. The van der Waals surface area contributed by atoms with Gasteiger partial charge in [-0.3, -0.25) is 4.79 Å². The zero-order chi connectivity index (χ0) is 32.3. The Morgan fingerprint density at radius 3 is 2.47 bits per heavy atom. The molecule has 1 atom stereocenters. The van der Waals surface area contributed by atoms with Crippen molar-refractivity contribution in [2.24, 2.45) is 0 Å². The van der Waals surface area contributed by atoms with Crippen molar-refractivity contribution in [2.45, 2.75) is 45.6 Å². The van der Waals surface area contributed by atoms with Crippen LogP contribution in [0.4, 0.5) is 16.2 Å². The summed E-state index contributed by atoms with van der Waals surface area (Å²) >= 11 is 6.95. The van der Waals surface area contributed by atoms with E-state index < -0.39 is 23.3 Å². The summed E-state index contributed by atoms with van der Waals surface area (Å²) in [5.41, 5.74) is 6.43. The largest absolute Gasteiger partial charge is 0.507 e. The number of benzene rings is 1. The fourth-order valence-corrected chi connectivity index (χ4v) is 6.25. The van der Waals surface area contributed by atoms with Crippen molar-refractivity contribution < 1.29 is 19.0 Å². The lowest BCUT2D eigenvalue weighted by Gasteiger charge is -2.40. The molecule has 0 saturated carbocycles. The lowest BCUT2D eigenvalue weighted by molar-refractivity contribution is -0.126. The molecule has 0 unspecified atom stereocenters. The van der Waals surface area contributed by atoms with E-state index in [4.69, 9.17) is 27.1 Å². The highest BCUT2D eigenvalue weighted by Crippen LogP contribution is 2.47. The number of nitrogen functional groups attached to an aromatic ring is 1. The van der Waals surface area contributed by atoms with Crippen LogP contribution in [0.3, 0.4) is 0 Å². The molecule has 1 amide bonds. The molecule has 3 N–H and O–H groups in total. The van der Waals surface area contributed by atoms with E-state index in [-0.39, 0.29) is 70.3 Å². The van der Waals surface area contributed by atoms with Crippen LogP contribution in [0.25, 0.3) is 28.0 Å². The van der Waals surface area contributed by atoms with E-state index in [0.717, 1.165) is 0 Å². The third-order valence-corrected chi connectivity index (χ3v) is 8.42. The molecule has 1 saturated heterocycles. The van der Waals surface area contributed by atoms with E-state index in [2.05, 4.69) is 21.5 Å². The number of amides is 1. The van der Waals surface area contributed by atoms with Gasteiger partial charge < -0.3 is 25.4 Å². The summed E-state index contributed by atoms with van der Waals surface area (Å²) in [6.45, 7) is 12.3. The van der Waals surface area contributed by atoms with Crippen molar-refractivity contribution >= 4 is 40.3 Å². The number of phenols is 1. The number of hydrogen-bond acceptors (Lipinski definition) is 10. The number of nitrogens with zero attached hydrogens (tertiary/aromatic N) is 7. The molecule has 234 valence electrons. The summed E-state index contributed by atoms with van der Waals surface area (Å²) in [5, 5.41) is 11.0. The fraction of sp³-hybridized carbons (Fsp3) is 0.355. The second-order valence-electron chi connectivity index (χ2n) is 11.6. The Kier molecular flexibility index (Phi) is 7.59. The number of aromatic nitrogens is 5. The molecule has 1 aromatic carbocycles. The van der Waals surface area contributed by atoms with E-state index in [1.54, 1.807) is 4.90 Å². The number of halogens is 2. The molecule has 0 radical (unpaired) electrons. The van der Waals surface area contributed by atoms with Crippen molar-refractivity contribution in [3.63, 3.8) is 0 Å². The minimum absolute atomic E-state index is 0.0535. The summed E-state index contributed by atoms with van der Waals surface area (Å²) < 4.78 is 23.0. The second kappa shape index (κ2) is 11.3. The van der Waals surface area contributed by atoms with Crippen LogP contribution >= 0.6 is 11.6 Å². The molecular weight excluding hydrogens is 603 g/mol. The third kappa shape index (κ3) is 4.91. The van der Waals surface area contributed by atoms with Gasteiger partial charge in [0.1, 0.15) is 40.1 Å². The number of pyridine rings is 1. The zero-order valence-electron chi connectivity index (χ0n) is 25.2. The predicted molar refractivity (Wildman–Crippen MR) is 169 cm³/mol. The summed E-state index contributed by atoms with van der Waals surface area (Å²) in [7, 11) is 0. The number of hydrogen-bond donors (Lipinski definition) is 2. The monoisotopic (exact) mass is 634 g/mol. The second-order valence-corrected chi connectivity index (χ2v) is 12.0. The van der Waals surface area contributed by atoms with Gasteiger partial charge in [0.25, 0.3) is 0 Å². The molecule has 14 heteroatoms. The molecule has 0 bridgehead atoms. The van der Waals surface area contributed by atoms with Crippen molar-refractivity contribution in [1.82, 2.24) is 29.4 Å². The minimum Gasteiger partial charge on any atom is -0.507 e. The van der Waals surface area contributed by atoms with Gasteiger partial charge in [-0.2, -0.15) is 4.98 Å². The van der Waals surface area contributed by atoms with Crippen molar-refractivity contribution in [1.29, 1.82) is 0 Å². The number of ether oxygens (including phenoxy) is 1. The lowest BCUT2D eigenvalue weighted by Crippen LogP contribution is -2.56. The molecule has 3 aromatic heterocycles. The first-order valence-electron chi connectivity index (χ1n) is 14.5. The number of phenolic OH excluding ortho intramolecular Hbond substituents is 1. The highest BCUT2D eigenvalue weighted by molar-refractivity contribution is 6.36. The SMILES string of the molecule is C=CC(=O)N1CCN2c3nc(=O)n(-c4c(C(C)C)nc(N)nc4C(C)C)c4nc(-c5c(O)cccc5F)c(Cl)c(c34)OC[C@H]2C1. The number of fused-ring (bicyclic) bond motifs is 2. The van der Waals surface area contributed by atoms with Crippen LogP contribution in [0.2, 0.25) is 5.02 Å². The zero-order valence-corrected chi connectivity index (χ0v) is 26.0. The first-order valence-corrected chi connectivity index (χ1v) is 14.9. The van der Waals surface area contributed by atoms with Crippen molar-refractivity contribution in [2.75, 3.05) is 36.9 Å². The Bertz CT molecular complexity index is 1900. The molecule has 45 heavy (non-hydrogen) atoms. The van der Waals surface area contributed by atoms with Crippen LogP contribution in [0, 0.1) is 5.82 Å². The van der Waals surface area contributed by atoms with Gasteiger partial charge >= 0.3 is 5.69 Å². The Morgan fingerprint density at radius 2 is 1.84 bits per heavy atom. The molecule has 12 nitrogen and oxygen atoms in total. The first kappa shape index (κ1) is 30.3. The number of anilines is 2. The molecule has 0 spiro atoms. The molecule has 4 aromatic rings. The molecular formula is C31H32ClFN8O4. The van der Waals surface area contributed by atoms with Gasteiger partial charge in [0.2, 0.25) is 11.9 Å². The first-order chi connectivity index (χ1) is 21.4. The van der Waals surface area contributed by atoms with Crippen molar-refractivity contribution in [3.05, 3.63) is 63.6 Å². The summed E-state index contributed by atoms with van der Waals surface area (Å²) in [6, 6.07) is 3.45. The molecule has 2 aliphatic heterocycles. The average Bonchev–Trinajstić information content (AvgIpc) is 3.15. The third-order valence-electron chi connectivity index (χ3n) is 8.07. The van der Waals surface area contributed by atoms with Gasteiger partial charge in [-0.05, 0) is 30.0 Å². The summed E-state index contributed by atoms with van der Waals surface area (Å²) in [6.07, 6.45) is 1.25.